The second-order valence-corrected chi connectivity index (χ2v) is 9.94. The smallest absolute Gasteiger partial charge is 0.338 e. The Hall–Kier alpha value is -3.56. The molecule has 8 nitrogen and oxygen atoms in total. The predicted molar refractivity (Wildman–Crippen MR) is 141 cm³/mol. The molecule has 36 heavy (non-hydrogen) atoms. The third-order valence-electron chi connectivity index (χ3n) is 6.74. The Kier molecular flexibility index (Phi) is 6.59. The van der Waals surface area contributed by atoms with Gasteiger partial charge in [0, 0.05) is 54.5 Å². The summed E-state index contributed by atoms with van der Waals surface area (Å²) in [6, 6.07) is 7.92. The molecule has 0 radical (unpaired) electrons. The van der Waals surface area contributed by atoms with E-state index in [1.165, 1.54) is 0 Å². The summed E-state index contributed by atoms with van der Waals surface area (Å²) >= 11 is 1.61. The van der Waals surface area contributed by atoms with Gasteiger partial charge in [-0.3, -0.25) is 4.68 Å². The first kappa shape index (κ1) is 24.1. The molecule has 0 unspecified atom stereocenters. The van der Waals surface area contributed by atoms with Crippen molar-refractivity contribution in [2.24, 2.45) is 12.8 Å². The zero-order valence-electron chi connectivity index (χ0n) is 20.7. The Labute approximate surface area is 214 Å². The summed E-state index contributed by atoms with van der Waals surface area (Å²) in [6.07, 6.45) is 4.00. The number of nitrogens with two attached hydrogens (primary N) is 1. The SMILES string of the molecule is C=C(C(=O)O[C@H]1CC[C@H](N)C1)C1=C(N(C)c2ccsc2)c2cc(-c3ccn(C)n3)c(OC)cc2OC1. The average Bonchev–Trinajstić information content (AvgIpc) is 3.64. The van der Waals surface area contributed by atoms with Crippen molar-refractivity contribution in [2.75, 3.05) is 25.7 Å². The number of carbonyl (C=O) groups excluding carboxylic acids is 1. The molecule has 1 fully saturated rings. The first-order valence-corrected chi connectivity index (χ1v) is 12.8. The van der Waals surface area contributed by atoms with Crippen LogP contribution in [0.1, 0.15) is 24.8 Å². The van der Waals surface area contributed by atoms with E-state index < -0.39 is 5.97 Å². The van der Waals surface area contributed by atoms with Crippen molar-refractivity contribution >= 4 is 28.7 Å². The van der Waals surface area contributed by atoms with Crippen molar-refractivity contribution in [1.82, 2.24) is 9.78 Å². The number of carbonyl (C=O) groups is 1. The zero-order valence-corrected chi connectivity index (χ0v) is 21.5. The molecule has 1 aromatic carbocycles. The molecular formula is C27H30N4O4S. The summed E-state index contributed by atoms with van der Waals surface area (Å²) in [7, 11) is 5.48. The minimum Gasteiger partial charge on any atom is -0.496 e. The maximum absolute atomic E-state index is 13.2. The monoisotopic (exact) mass is 506 g/mol. The molecule has 5 rings (SSSR count). The lowest BCUT2D eigenvalue weighted by molar-refractivity contribution is -0.143. The van der Waals surface area contributed by atoms with E-state index in [-0.39, 0.29) is 24.3 Å². The van der Waals surface area contributed by atoms with E-state index in [2.05, 4.69) is 22.0 Å². The number of anilines is 1. The van der Waals surface area contributed by atoms with Gasteiger partial charge in [0.05, 0.1) is 29.8 Å². The van der Waals surface area contributed by atoms with Crippen LogP contribution in [0.5, 0.6) is 11.5 Å². The third kappa shape index (κ3) is 4.52. The molecular weight excluding hydrogens is 476 g/mol. The van der Waals surface area contributed by atoms with Crippen LogP contribution in [0.25, 0.3) is 17.0 Å². The maximum Gasteiger partial charge on any atom is 0.338 e. The highest BCUT2D eigenvalue weighted by Crippen LogP contribution is 2.44. The number of hydrogen-bond donors (Lipinski definition) is 1. The Morgan fingerprint density at radius 3 is 2.78 bits per heavy atom. The van der Waals surface area contributed by atoms with E-state index >= 15 is 0 Å². The number of aromatic nitrogens is 2. The second kappa shape index (κ2) is 9.83. The zero-order chi connectivity index (χ0) is 25.4. The van der Waals surface area contributed by atoms with Crippen LogP contribution in [0, 0.1) is 0 Å². The summed E-state index contributed by atoms with van der Waals surface area (Å²) in [4.78, 5) is 15.2. The van der Waals surface area contributed by atoms with Crippen molar-refractivity contribution in [3.8, 4) is 22.8 Å². The summed E-state index contributed by atoms with van der Waals surface area (Å²) < 4.78 is 19.4. The van der Waals surface area contributed by atoms with Crippen molar-refractivity contribution in [3.05, 3.63) is 64.5 Å². The Balaban J connectivity index is 1.60. The lowest BCUT2D eigenvalue weighted by Gasteiger charge is -2.32. The highest BCUT2D eigenvalue weighted by atomic mass is 32.1. The Morgan fingerprint density at radius 2 is 2.14 bits per heavy atom. The molecule has 0 bridgehead atoms. The fourth-order valence-corrected chi connectivity index (χ4v) is 5.46. The van der Waals surface area contributed by atoms with Gasteiger partial charge in [-0.1, -0.05) is 6.58 Å². The topological polar surface area (TPSA) is 91.8 Å². The number of benzene rings is 1. The highest BCUT2D eigenvalue weighted by Gasteiger charge is 2.32. The normalized spacial score (nSPS) is 19.0. The largest absolute Gasteiger partial charge is 0.496 e. The number of nitrogens with zero attached hydrogens (tertiary/aromatic N) is 3. The second-order valence-electron chi connectivity index (χ2n) is 9.16. The van der Waals surface area contributed by atoms with Gasteiger partial charge in [0.25, 0.3) is 0 Å². The molecule has 2 atom stereocenters. The van der Waals surface area contributed by atoms with E-state index in [4.69, 9.17) is 19.9 Å². The van der Waals surface area contributed by atoms with Gasteiger partial charge in [-0.25, -0.2) is 4.79 Å². The van der Waals surface area contributed by atoms with Gasteiger partial charge in [0.1, 0.15) is 24.2 Å². The van der Waals surface area contributed by atoms with E-state index in [0.717, 1.165) is 41.0 Å². The van der Waals surface area contributed by atoms with Crippen LogP contribution in [-0.4, -0.2) is 48.7 Å². The molecule has 2 aromatic heterocycles. The van der Waals surface area contributed by atoms with Gasteiger partial charge >= 0.3 is 5.97 Å². The van der Waals surface area contributed by atoms with Crippen LogP contribution in [0.3, 0.4) is 0 Å². The number of aryl methyl sites for hydroxylation is 1. The van der Waals surface area contributed by atoms with Gasteiger partial charge in [-0.2, -0.15) is 16.4 Å². The number of rotatable bonds is 7. The fraction of sp³-hybridized carbons (Fsp3) is 0.333. The van der Waals surface area contributed by atoms with Gasteiger partial charge in [-0.15, -0.1) is 0 Å². The Bertz CT molecular complexity index is 1330. The molecule has 0 spiro atoms. The molecule has 9 heteroatoms. The number of ether oxygens (including phenoxy) is 3. The van der Waals surface area contributed by atoms with E-state index in [1.54, 1.807) is 23.1 Å². The molecule has 3 aromatic rings. The molecule has 3 heterocycles. The van der Waals surface area contributed by atoms with E-state index in [9.17, 15) is 4.79 Å². The van der Waals surface area contributed by atoms with Crippen LogP contribution >= 0.6 is 11.3 Å². The fourth-order valence-electron chi connectivity index (χ4n) is 4.79. The summed E-state index contributed by atoms with van der Waals surface area (Å²) in [5.74, 6) is 0.880. The number of methoxy groups -OCH3 is 1. The van der Waals surface area contributed by atoms with E-state index in [0.29, 0.717) is 23.5 Å². The minimum atomic E-state index is -0.439. The molecule has 2 N–H and O–H groups in total. The van der Waals surface area contributed by atoms with Crippen LogP contribution in [0.15, 0.2) is 58.9 Å². The first-order valence-electron chi connectivity index (χ1n) is 11.9. The summed E-state index contributed by atoms with van der Waals surface area (Å²) in [6.45, 7) is 4.32. The minimum absolute atomic E-state index is 0.0699. The predicted octanol–water partition coefficient (Wildman–Crippen LogP) is 4.38. The van der Waals surface area contributed by atoms with Crippen LogP contribution < -0.4 is 20.1 Å². The number of thiophene rings is 1. The number of esters is 1. The van der Waals surface area contributed by atoms with Crippen molar-refractivity contribution in [3.63, 3.8) is 0 Å². The summed E-state index contributed by atoms with van der Waals surface area (Å²) in [5, 5.41) is 8.65. The van der Waals surface area contributed by atoms with Crippen LogP contribution in [-0.2, 0) is 16.6 Å². The number of fused-ring (bicyclic) bond motifs is 1. The van der Waals surface area contributed by atoms with E-state index in [1.807, 2.05) is 49.9 Å². The lowest BCUT2D eigenvalue weighted by atomic mass is 9.94. The van der Waals surface area contributed by atoms with Gasteiger partial charge in [0.2, 0.25) is 0 Å². The van der Waals surface area contributed by atoms with Gasteiger partial charge < -0.3 is 24.8 Å². The molecule has 1 aliphatic carbocycles. The average molecular weight is 507 g/mol. The van der Waals surface area contributed by atoms with Crippen molar-refractivity contribution < 1.29 is 19.0 Å². The molecule has 188 valence electrons. The molecule has 2 aliphatic rings. The number of hydrogen-bond acceptors (Lipinski definition) is 8. The first-order chi connectivity index (χ1) is 17.4. The van der Waals surface area contributed by atoms with Crippen molar-refractivity contribution in [2.45, 2.75) is 31.4 Å². The standard InChI is InChI=1S/C27H30N4O4S/c1-16(27(32)35-19-6-5-17(28)11-19)22-14-34-25-13-24(33-4)20(23-7-9-30(2)29-23)12-21(25)26(22)31(3)18-8-10-36-15-18/h7-10,12-13,15,17,19H,1,5-6,11,14,28H2,2-4H3/t17-,19-/m0/s1. The third-order valence-corrected chi connectivity index (χ3v) is 7.41. The van der Waals surface area contributed by atoms with Crippen LogP contribution in [0.2, 0.25) is 0 Å². The van der Waals surface area contributed by atoms with Crippen molar-refractivity contribution in [1.29, 1.82) is 0 Å². The molecule has 0 amide bonds. The maximum atomic E-state index is 13.2. The van der Waals surface area contributed by atoms with Crippen LogP contribution in [0.4, 0.5) is 5.69 Å². The molecule has 0 saturated heterocycles. The van der Waals surface area contributed by atoms with Gasteiger partial charge in [0.15, 0.2) is 0 Å². The quantitative estimate of drug-likeness (QED) is 0.376. The molecule has 1 aliphatic heterocycles. The summed E-state index contributed by atoms with van der Waals surface area (Å²) in [5.41, 5.74) is 11.2. The Morgan fingerprint density at radius 1 is 1.31 bits per heavy atom. The molecule has 1 saturated carbocycles. The lowest BCUT2D eigenvalue weighted by Crippen LogP contribution is -2.27. The highest BCUT2D eigenvalue weighted by molar-refractivity contribution is 7.08. The van der Waals surface area contributed by atoms with Gasteiger partial charge in [-0.05, 0) is 42.8 Å².